The van der Waals surface area contributed by atoms with E-state index < -0.39 is 0 Å². The normalized spacial score (nSPS) is 12.6. The maximum absolute atomic E-state index is 9.79. The highest BCUT2D eigenvalue weighted by Gasteiger charge is 2.10. The summed E-state index contributed by atoms with van der Waals surface area (Å²) in [7, 11) is 0. The van der Waals surface area contributed by atoms with E-state index in [0.717, 1.165) is 17.0 Å². The number of phenols is 1. The van der Waals surface area contributed by atoms with Crippen molar-refractivity contribution in [3.8, 4) is 5.75 Å². The van der Waals surface area contributed by atoms with Crippen LogP contribution in [0.2, 0.25) is 0 Å². The zero-order valence-corrected chi connectivity index (χ0v) is 9.94. The molecule has 2 rings (SSSR count). The lowest BCUT2D eigenvalue weighted by molar-refractivity contribution is 0.451. The van der Waals surface area contributed by atoms with Crippen molar-refractivity contribution >= 4 is 0 Å². The molecule has 5 nitrogen and oxygen atoms in total. The molecule has 5 heteroatoms. The maximum Gasteiger partial charge on any atom is 0.138 e. The molecule has 0 spiro atoms. The van der Waals surface area contributed by atoms with E-state index in [1.165, 1.54) is 6.33 Å². The van der Waals surface area contributed by atoms with Gasteiger partial charge in [-0.1, -0.05) is 17.7 Å². The van der Waals surface area contributed by atoms with Gasteiger partial charge in [0.05, 0.1) is 6.54 Å². The average molecular weight is 232 g/mol. The van der Waals surface area contributed by atoms with Gasteiger partial charge in [0.2, 0.25) is 0 Å². The molecule has 0 saturated carbocycles. The monoisotopic (exact) mass is 232 g/mol. The van der Waals surface area contributed by atoms with Crippen LogP contribution in [-0.2, 0) is 6.54 Å². The summed E-state index contributed by atoms with van der Waals surface area (Å²) in [5.41, 5.74) is 2.02. The van der Waals surface area contributed by atoms with Gasteiger partial charge in [-0.25, -0.2) is 4.98 Å². The fourth-order valence-electron chi connectivity index (χ4n) is 1.70. The molecular weight excluding hydrogens is 216 g/mol. The maximum atomic E-state index is 9.79. The molecule has 0 saturated heterocycles. The van der Waals surface area contributed by atoms with Crippen LogP contribution < -0.4 is 5.32 Å². The second-order valence-corrected chi connectivity index (χ2v) is 4.10. The standard InChI is InChI=1S/C12H16N4O/c1-8-3-4-11(17)10(5-8)9(2)13-6-12-14-7-15-16-12/h3-5,7,9,13,17H,6H2,1-2H3,(H,14,15,16). The number of nitrogens with zero attached hydrogens (tertiary/aromatic N) is 2. The van der Waals surface area contributed by atoms with Crippen molar-refractivity contribution in [2.75, 3.05) is 0 Å². The summed E-state index contributed by atoms with van der Waals surface area (Å²) in [5, 5.41) is 19.6. The van der Waals surface area contributed by atoms with Gasteiger partial charge < -0.3 is 10.4 Å². The Labute approximate surface area is 99.9 Å². The van der Waals surface area contributed by atoms with Crippen molar-refractivity contribution in [1.29, 1.82) is 0 Å². The first-order valence-electron chi connectivity index (χ1n) is 5.54. The topological polar surface area (TPSA) is 73.8 Å². The third-order valence-electron chi connectivity index (χ3n) is 2.69. The number of nitrogens with one attached hydrogen (secondary N) is 2. The van der Waals surface area contributed by atoms with Gasteiger partial charge in [-0.05, 0) is 19.9 Å². The Morgan fingerprint density at radius 2 is 2.29 bits per heavy atom. The molecule has 0 amide bonds. The highest BCUT2D eigenvalue weighted by molar-refractivity contribution is 5.37. The first-order valence-corrected chi connectivity index (χ1v) is 5.54. The van der Waals surface area contributed by atoms with Crippen molar-refractivity contribution in [3.63, 3.8) is 0 Å². The van der Waals surface area contributed by atoms with Crippen LogP contribution >= 0.6 is 0 Å². The molecule has 0 bridgehead atoms. The van der Waals surface area contributed by atoms with Gasteiger partial charge in [-0.3, -0.25) is 5.10 Å². The Hall–Kier alpha value is -1.88. The molecule has 1 unspecified atom stereocenters. The Kier molecular flexibility index (Phi) is 3.39. The average Bonchev–Trinajstić information content (AvgIpc) is 2.82. The van der Waals surface area contributed by atoms with Gasteiger partial charge in [0.15, 0.2) is 0 Å². The Morgan fingerprint density at radius 1 is 1.47 bits per heavy atom. The predicted octanol–water partition coefficient (Wildman–Crippen LogP) is 1.67. The van der Waals surface area contributed by atoms with Crippen LogP contribution in [0.3, 0.4) is 0 Å². The Bertz CT molecular complexity index is 481. The number of hydrogen-bond acceptors (Lipinski definition) is 4. The zero-order valence-electron chi connectivity index (χ0n) is 9.94. The van der Waals surface area contributed by atoms with Crippen molar-refractivity contribution < 1.29 is 5.11 Å². The molecule has 0 aliphatic rings. The molecule has 0 aliphatic heterocycles. The number of H-pyrrole nitrogens is 1. The fourth-order valence-corrected chi connectivity index (χ4v) is 1.70. The summed E-state index contributed by atoms with van der Waals surface area (Å²) in [4.78, 5) is 4.03. The lowest BCUT2D eigenvalue weighted by Gasteiger charge is -2.15. The number of phenolic OH excluding ortho intramolecular Hbond substituents is 1. The van der Waals surface area contributed by atoms with Crippen LogP contribution in [0.1, 0.15) is 29.9 Å². The van der Waals surface area contributed by atoms with E-state index in [2.05, 4.69) is 20.5 Å². The van der Waals surface area contributed by atoms with Gasteiger partial charge in [0, 0.05) is 11.6 Å². The van der Waals surface area contributed by atoms with Crippen LogP contribution in [-0.4, -0.2) is 20.3 Å². The number of aromatic nitrogens is 3. The highest BCUT2D eigenvalue weighted by Crippen LogP contribution is 2.24. The largest absolute Gasteiger partial charge is 0.508 e. The highest BCUT2D eigenvalue weighted by atomic mass is 16.3. The number of aryl methyl sites for hydroxylation is 1. The van der Waals surface area contributed by atoms with E-state index >= 15 is 0 Å². The number of aromatic hydroxyl groups is 1. The molecule has 0 aliphatic carbocycles. The smallest absolute Gasteiger partial charge is 0.138 e. The molecular formula is C12H16N4O. The second-order valence-electron chi connectivity index (χ2n) is 4.10. The molecule has 2 aromatic rings. The first kappa shape index (κ1) is 11.6. The number of rotatable bonds is 4. The minimum atomic E-state index is 0.0556. The van der Waals surface area contributed by atoms with Gasteiger partial charge in [-0.2, -0.15) is 5.10 Å². The molecule has 1 atom stereocenters. The zero-order chi connectivity index (χ0) is 12.3. The van der Waals surface area contributed by atoms with E-state index in [0.29, 0.717) is 12.3 Å². The molecule has 3 N–H and O–H groups in total. The van der Waals surface area contributed by atoms with Gasteiger partial charge >= 0.3 is 0 Å². The van der Waals surface area contributed by atoms with Crippen LogP contribution in [0, 0.1) is 6.92 Å². The summed E-state index contributed by atoms with van der Waals surface area (Å²) in [6, 6.07) is 5.65. The van der Waals surface area contributed by atoms with E-state index in [4.69, 9.17) is 0 Å². The van der Waals surface area contributed by atoms with Crippen LogP contribution in [0.25, 0.3) is 0 Å². The van der Waals surface area contributed by atoms with E-state index in [1.54, 1.807) is 6.07 Å². The van der Waals surface area contributed by atoms with Gasteiger partial charge in [0.25, 0.3) is 0 Å². The van der Waals surface area contributed by atoms with Crippen molar-refractivity contribution in [2.45, 2.75) is 26.4 Å². The van der Waals surface area contributed by atoms with Crippen molar-refractivity contribution in [3.05, 3.63) is 41.5 Å². The molecule has 0 fully saturated rings. The lowest BCUT2D eigenvalue weighted by atomic mass is 10.0. The summed E-state index contributed by atoms with van der Waals surface area (Å²) in [5.74, 6) is 1.09. The van der Waals surface area contributed by atoms with Gasteiger partial charge in [-0.15, -0.1) is 0 Å². The van der Waals surface area contributed by atoms with Crippen LogP contribution in [0.5, 0.6) is 5.75 Å². The summed E-state index contributed by atoms with van der Waals surface area (Å²) in [6.45, 7) is 4.60. The molecule has 1 aromatic carbocycles. The third kappa shape index (κ3) is 2.82. The van der Waals surface area contributed by atoms with Crippen molar-refractivity contribution in [2.24, 2.45) is 0 Å². The minimum Gasteiger partial charge on any atom is -0.508 e. The second kappa shape index (κ2) is 4.97. The fraction of sp³-hybridized carbons (Fsp3) is 0.333. The first-order chi connectivity index (χ1) is 8.16. The molecule has 1 aromatic heterocycles. The third-order valence-corrected chi connectivity index (χ3v) is 2.69. The summed E-state index contributed by atoms with van der Waals surface area (Å²) < 4.78 is 0. The Balaban J connectivity index is 2.04. The van der Waals surface area contributed by atoms with E-state index in [1.807, 2.05) is 26.0 Å². The number of aromatic amines is 1. The van der Waals surface area contributed by atoms with E-state index in [-0.39, 0.29) is 6.04 Å². The predicted molar refractivity (Wildman–Crippen MR) is 64.5 cm³/mol. The molecule has 1 heterocycles. The number of benzene rings is 1. The molecule has 90 valence electrons. The summed E-state index contributed by atoms with van der Waals surface area (Å²) >= 11 is 0. The summed E-state index contributed by atoms with van der Waals surface area (Å²) in [6.07, 6.45) is 1.48. The quantitative estimate of drug-likeness (QED) is 0.749. The van der Waals surface area contributed by atoms with E-state index in [9.17, 15) is 5.11 Å². The lowest BCUT2D eigenvalue weighted by Crippen LogP contribution is -2.19. The Morgan fingerprint density at radius 3 is 3.00 bits per heavy atom. The molecule has 17 heavy (non-hydrogen) atoms. The SMILES string of the molecule is Cc1ccc(O)c(C(C)NCc2ncn[nH]2)c1. The minimum absolute atomic E-state index is 0.0556. The van der Waals surface area contributed by atoms with Crippen LogP contribution in [0.4, 0.5) is 0 Å². The number of hydrogen-bond donors (Lipinski definition) is 3. The molecule has 0 radical (unpaired) electrons. The van der Waals surface area contributed by atoms with Crippen LogP contribution in [0.15, 0.2) is 24.5 Å². The van der Waals surface area contributed by atoms with Gasteiger partial charge in [0.1, 0.15) is 17.9 Å². The van der Waals surface area contributed by atoms with Crippen molar-refractivity contribution in [1.82, 2.24) is 20.5 Å².